The van der Waals surface area contributed by atoms with E-state index >= 15 is 0 Å². The van der Waals surface area contributed by atoms with Gasteiger partial charge >= 0.3 is 24.1 Å². The summed E-state index contributed by atoms with van der Waals surface area (Å²) in [6.07, 6.45) is 0.473. The highest BCUT2D eigenvalue weighted by Crippen LogP contribution is 2.14. The van der Waals surface area contributed by atoms with Crippen molar-refractivity contribution >= 4 is 24.1 Å². The van der Waals surface area contributed by atoms with Crippen molar-refractivity contribution in [2.45, 2.75) is 65.7 Å². The van der Waals surface area contributed by atoms with E-state index in [1.54, 1.807) is 62.9 Å². The molecule has 0 rings (SSSR count). The largest absolute Gasteiger partial charge is 0.549 e. The van der Waals surface area contributed by atoms with Crippen molar-refractivity contribution in [2.24, 2.45) is 0 Å². The van der Waals surface area contributed by atoms with Gasteiger partial charge in [-0.3, -0.25) is 8.92 Å². The van der Waals surface area contributed by atoms with E-state index in [0.29, 0.717) is 24.6 Å². The molecule has 0 heterocycles. The smallest absolute Gasteiger partial charge is 0.462 e. The third kappa shape index (κ3) is 36.0. The second kappa shape index (κ2) is 20.8. The van der Waals surface area contributed by atoms with Gasteiger partial charge in [-0.15, -0.1) is 0 Å². The van der Waals surface area contributed by atoms with Crippen LogP contribution in [0.15, 0.2) is 12.2 Å². The predicted octanol–water partition coefficient (Wildman–Crippen LogP) is 1.92. The summed E-state index contributed by atoms with van der Waals surface area (Å²) in [4.78, 5) is 11.1. The SMILES string of the molecule is C=C(C)C(=O)OCCC[Si](OC)(OC)OC.CC(C)(C)O.CC(C)O.O=[Si]=O. The van der Waals surface area contributed by atoms with Crippen LogP contribution in [0.3, 0.4) is 0 Å². The highest BCUT2D eigenvalue weighted by molar-refractivity contribution is 6.60. The number of hydrogen-bond donors (Lipinski definition) is 2. The molecule has 0 aliphatic carbocycles. The number of aliphatic hydroxyl groups is 2. The summed E-state index contributed by atoms with van der Waals surface area (Å²) in [6, 6.07) is 0.611. The van der Waals surface area contributed by atoms with E-state index in [2.05, 4.69) is 6.58 Å². The van der Waals surface area contributed by atoms with Crippen LogP contribution in [0.1, 0.15) is 48.0 Å². The number of aliphatic hydroxyl groups excluding tert-OH is 1. The Labute approximate surface area is 172 Å². The molecule has 0 aromatic heterocycles. The average molecular weight is 443 g/mol. The normalized spacial score (nSPS) is 10.1. The molecule has 0 aromatic rings. The highest BCUT2D eigenvalue weighted by atomic mass is 28.4. The van der Waals surface area contributed by atoms with Gasteiger partial charge < -0.3 is 28.2 Å². The number of carbonyl (C=O) groups excluding carboxylic acids is 1. The molecular formula is C17H38O9Si2. The number of carbonyl (C=O) groups is 1. The van der Waals surface area contributed by atoms with Crippen molar-refractivity contribution in [3.05, 3.63) is 12.2 Å². The number of ether oxygens (including phenoxy) is 1. The standard InChI is InChI=1S/C10H20O5Si.C4H10O.C3H8O.O2Si/c1-9(2)10(11)15-7-6-8-16(12-3,13-4)14-5;1-4(2,3)5;1-3(2)4;1-3-2/h1,6-8H2,2-5H3;5H,1-3H3;3-4H,1-2H3;. The summed E-state index contributed by atoms with van der Waals surface area (Å²) in [5.41, 5.74) is -0.103. The Bertz CT molecular complexity index is 408. The molecule has 0 saturated heterocycles. The van der Waals surface area contributed by atoms with Gasteiger partial charge in [0.1, 0.15) is 0 Å². The molecule has 0 aliphatic heterocycles. The molecule has 168 valence electrons. The van der Waals surface area contributed by atoms with Crippen LogP contribution in [0.2, 0.25) is 6.04 Å². The molecule has 0 fully saturated rings. The molecule has 9 nitrogen and oxygen atoms in total. The molecule has 0 saturated carbocycles. The van der Waals surface area contributed by atoms with Crippen LogP contribution >= 0.6 is 0 Å². The monoisotopic (exact) mass is 442 g/mol. The van der Waals surface area contributed by atoms with Crippen molar-refractivity contribution in [1.29, 1.82) is 0 Å². The molecule has 11 heteroatoms. The van der Waals surface area contributed by atoms with Crippen molar-refractivity contribution in [3.63, 3.8) is 0 Å². The summed E-state index contributed by atoms with van der Waals surface area (Å²) in [6.45, 7) is 14.1. The van der Waals surface area contributed by atoms with E-state index in [1.165, 1.54) is 0 Å². The second-order valence-electron chi connectivity index (χ2n) is 6.66. The number of rotatable bonds is 8. The molecule has 0 aliphatic rings. The third-order valence-corrected chi connectivity index (χ3v) is 4.97. The van der Waals surface area contributed by atoms with E-state index in [0.717, 1.165) is 0 Å². The minimum atomic E-state index is -2.53. The first kappa shape index (κ1) is 34.5. The molecule has 28 heavy (non-hydrogen) atoms. The van der Waals surface area contributed by atoms with Crippen LogP contribution in [0.25, 0.3) is 0 Å². The molecule has 0 atom stereocenters. The van der Waals surface area contributed by atoms with Crippen molar-refractivity contribution in [1.82, 2.24) is 0 Å². The summed E-state index contributed by atoms with van der Waals surface area (Å²) < 4.78 is 37.4. The van der Waals surface area contributed by atoms with Gasteiger partial charge in [0.2, 0.25) is 0 Å². The molecular weight excluding hydrogens is 404 g/mol. The first-order valence-corrected chi connectivity index (χ1v) is 11.3. The fourth-order valence-electron chi connectivity index (χ4n) is 1.13. The third-order valence-electron chi connectivity index (χ3n) is 2.14. The van der Waals surface area contributed by atoms with Gasteiger partial charge in [-0.05, 0) is 48.0 Å². The lowest BCUT2D eigenvalue weighted by Gasteiger charge is -2.24. The second-order valence-corrected chi connectivity index (χ2v) is 9.92. The first-order chi connectivity index (χ1) is 12.7. The molecule has 0 radical (unpaired) electrons. The molecule has 0 spiro atoms. The zero-order valence-corrected chi connectivity index (χ0v) is 20.7. The van der Waals surface area contributed by atoms with E-state index in [9.17, 15) is 4.79 Å². The summed E-state index contributed by atoms with van der Waals surface area (Å²) in [5.74, 6) is -0.375. The molecule has 2 N–H and O–H groups in total. The van der Waals surface area contributed by atoms with Gasteiger partial charge in [0.05, 0.1) is 12.2 Å². The Hall–Kier alpha value is -0.956. The van der Waals surface area contributed by atoms with Crippen LogP contribution in [0.4, 0.5) is 0 Å². The van der Waals surface area contributed by atoms with E-state index < -0.39 is 23.7 Å². The molecule has 0 aromatic carbocycles. The van der Waals surface area contributed by atoms with Crippen LogP contribution in [-0.4, -0.2) is 73.9 Å². The lowest BCUT2D eigenvalue weighted by atomic mass is 10.2. The maximum absolute atomic E-state index is 11.1. The Morgan fingerprint density at radius 3 is 1.61 bits per heavy atom. The first-order valence-electron chi connectivity index (χ1n) is 8.54. The van der Waals surface area contributed by atoms with E-state index in [1.807, 2.05) is 0 Å². The zero-order chi connectivity index (χ0) is 23.4. The minimum absolute atomic E-state index is 0.167. The van der Waals surface area contributed by atoms with Crippen LogP contribution in [0.5, 0.6) is 0 Å². The van der Waals surface area contributed by atoms with Gasteiger partial charge in [0.25, 0.3) is 0 Å². The van der Waals surface area contributed by atoms with Gasteiger partial charge in [-0.25, -0.2) is 4.79 Å². The van der Waals surface area contributed by atoms with Crippen LogP contribution in [0, 0.1) is 0 Å². The van der Waals surface area contributed by atoms with Crippen molar-refractivity contribution < 1.29 is 41.9 Å². The van der Waals surface area contributed by atoms with Crippen LogP contribution < -0.4 is 0 Å². The average Bonchev–Trinajstić information content (AvgIpc) is 2.54. The quantitative estimate of drug-likeness (QED) is 0.251. The van der Waals surface area contributed by atoms with Crippen molar-refractivity contribution in [2.75, 3.05) is 27.9 Å². The highest BCUT2D eigenvalue weighted by Gasteiger charge is 2.36. The number of esters is 1. The molecule has 0 amide bonds. The summed E-state index contributed by atoms with van der Waals surface area (Å²) >= 11 is 0. The van der Waals surface area contributed by atoms with Gasteiger partial charge in [-0.2, -0.15) is 0 Å². The lowest BCUT2D eigenvalue weighted by molar-refractivity contribution is -0.139. The Morgan fingerprint density at radius 2 is 1.39 bits per heavy atom. The summed E-state index contributed by atoms with van der Waals surface area (Å²) in [5, 5.41) is 16.6. The lowest BCUT2D eigenvalue weighted by Crippen LogP contribution is -2.42. The van der Waals surface area contributed by atoms with Gasteiger partial charge in [-0.1, -0.05) is 6.58 Å². The molecule has 0 unspecified atom stereocenters. The topological polar surface area (TPSA) is 129 Å². The van der Waals surface area contributed by atoms with E-state index in [4.69, 9.17) is 37.2 Å². The van der Waals surface area contributed by atoms with Crippen molar-refractivity contribution in [3.8, 4) is 0 Å². The summed E-state index contributed by atoms with van der Waals surface area (Å²) in [7, 11) is 0.717. The Kier molecular flexibility index (Phi) is 25.6. The maximum atomic E-state index is 11.1. The molecule has 0 bridgehead atoms. The van der Waals surface area contributed by atoms with Gasteiger partial charge in [0.15, 0.2) is 0 Å². The Morgan fingerprint density at radius 1 is 1.11 bits per heavy atom. The number of hydrogen-bond acceptors (Lipinski definition) is 9. The minimum Gasteiger partial charge on any atom is -0.462 e. The van der Waals surface area contributed by atoms with E-state index in [-0.39, 0.29) is 12.1 Å². The zero-order valence-electron chi connectivity index (χ0n) is 18.7. The maximum Gasteiger partial charge on any atom is 0.549 e. The van der Waals surface area contributed by atoms with Crippen LogP contribution in [-0.2, 0) is 31.7 Å². The Balaban J connectivity index is -0.000000195. The fraction of sp³-hybridized carbons (Fsp3) is 0.824. The van der Waals surface area contributed by atoms with Gasteiger partial charge in [0, 0.05) is 39.1 Å². The predicted molar refractivity (Wildman–Crippen MR) is 108 cm³/mol. The fourth-order valence-corrected chi connectivity index (χ4v) is 2.82.